The van der Waals surface area contributed by atoms with Crippen molar-refractivity contribution >= 4 is 11.8 Å². The summed E-state index contributed by atoms with van der Waals surface area (Å²) in [5.41, 5.74) is 0.544. The molecule has 4 aliphatic carbocycles. The molecule has 0 aromatic carbocycles. The quantitative estimate of drug-likeness (QED) is 0.423. The molecule has 4 aliphatic rings. The first-order chi connectivity index (χ1) is 13.4. The fourth-order valence-electron chi connectivity index (χ4n) is 7.93. The van der Waals surface area contributed by atoms with Gasteiger partial charge in [-0.3, -0.25) is 9.59 Å². The SMILES string of the molecule is CCCCCC(=O)O[C@H]1CC[C@H]2[C@@H]3CCC4CC(=O)CC[C@]4(C)[C@H]3CC[C@]12C. The van der Waals surface area contributed by atoms with E-state index in [-0.39, 0.29) is 17.5 Å². The Kier molecular flexibility index (Phi) is 5.66. The van der Waals surface area contributed by atoms with Gasteiger partial charge in [-0.1, -0.05) is 33.6 Å². The highest BCUT2D eigenvalue weighted by molar-refractivity contribution is 5.79. The molecule has 158 valence electrons. The minimum atomic E-state index is 0.0314. The molecule has 0 N–H and O–H groups in total. The number of carbonyl (C=O) groups excluding carboxylic acids is 2. The van der Waals surface area contributed by atoms with Gasteiger partial charge in [0.25, 0.3) is 0 Å². The lowest BCUT2D eigenvalue weighted by Crippen LogP contribution is -2.54. The number of rotatable bonds is 5. The Balaban J connectivity index is 1.45. The number of ether oxygens (including phenoxy) is 1. The van der Waals surface area contributed by atoms with E-state index in [4.69, 9.17) is 4.74 Å². The van der Waals surface area contributed by atoms with Crippen LogP contribution in [0.25, 0.3) is 0 Å². The van der Waals surface area contributed by atoms with E-state index in [1.54, 1.807) is 0 Å². The number of esters is 1. The van der Waals surface area contributed by atoms with Gasteiger partial charge in [0.1, 0.15) is 11.9 Å². The summed E-state index contributed by atoms with van der Waals surface area (Å²) in [6, 6.07) is 0. The number of hydrogen-bond acceptors (Lipinski definition) is 3. The molecule has 28 heavy (non-hydrogen) atoms. The smallest absolute Gasteiger partial charge is 0.306 e. The van der Waals surface area contributed by atoms with E-state index in [1.807, 2.05) is 0 Å². The van der Waals surface area contributed by atoms with Gasteiger partial charge in [-0.2, -0.15) is 0 Å². The molecule has 4 fully saturated rings. The third-order valence-electron chi connectivity index (χ3n) is 9.65. The number of hydrogen-bond donors (Lipinski definition) is 0. The Morgan fingerprint density at radius 1 is 1.00 bits per heavy atom. The molecule has 3 nitrogen and oxygen atoms in total. The van der Waals surface area contributed by atoms with Crippen LogP contribution in [0.5, 0.6) is 0 Å². The van der Waals surface area contributed by atoms with Crippen LogP contribution in [0.15, 0.2) is 0 Å². The fourth-order valence-corrected chi connectivity index (χ4v) is 7.93. The Morgan fingerprint density at radius 3 is 2.57 bits per heavy atom. The van der Waals surface area contributed by atoms with Gasteiger partial charge in [-0.05, 0) is 80.5 Å². The molecule has 0 bridgehead atoms. The molecule has 1 unspecified atom stereocenters. The summed E-state index contributed by atoms with van der Waals surface area (Å²) in [6.45, 7) is 7.09. The largest absolute Gasteiger partial charge is 0.462 e. The highest BCUT2D eigenvalue weighted by Crippen LogP contribution is 2.66. The van der Waals surface area contributed by atoms with Gasteiger partial charge in [-0.25, -0.2) is 0 Å². The summed E-state index contributed by atoms with van der Waals surface area (Å²) in [5.74, 6) is 3.40. The normalized spacial score (nSPS) is 45.1. The molecule has 0 aliphatic heterocycles. The average Bonchev–Trinajstić information content (AvgIpc) is 2.99. The van der Waals surface area contributed by atoms with Crippen LogP contribution < -0.4 is 0 Å². The van der Waals surface area contributed by atoms with Crippen molar-refractivity contribution < 1.29 is 14.3 Å². The van der Waals surface area contributed by atoms with Crippen LogP contribution in [-0.2, 0) is 14.3 Å². The van der Waals surface area contributed by atoms with Gasteiger partial charge in [-0.15, -0.1) is 0 Å². The van der Waals surface area contributed by atoms with Crippen molar-refractivity contribution in [2.75, 3.05) is 0 Å². The number of fused-ring (bicyclic) bond motifs is 5. The van der Waals surface area contributed by atoms with Crippen molar-refractivity contribution in [3.63, 3.8) is 0 Å². The van der Waals surface area contributed by atoms with Gasteiger partial charge in [0.2, 0.25) is 0 Å². The summed E-state index contributed by atoms with van der Waals surface area (Å²) < 4.78 is 6.07. The second-order valence-corrected chi connectivity index (χ2v) is 11.0. The molecular formula is C25H40O3. The maximum Gasteiger partial charge on any atom is 0.306 e. The van der Waals surface area contributed by atoms with Crippen LogP contribution in [0.1, 0.15) is 104 Å². The molecule has 0 aromatic heterocycles. The Bertz CT molecular complexity index is 613. The predicted molar refractivity (Wildman–Crippen MR) is 111 cm³/mol. The number of unbranched alkanes of at least 4 members (excludes halogenated alkanes) is 2. The molecule has 0 spiro atoms. The van der Waals surface area contributed by atoms with Crippen LogP contribution in [0.4, 0.5) is 0 Å². The molecule has 0 amide bonds. The van der Waals surface area contributed by atoms with Crippen molar-refractivity contribution in [3.8, 4) is 0 Å². The summed E-state index contributed by atoms with van der Waals surface area (Å²) >= 11 is 0. The summed E-state index contributed by atoms with van der Waals surface area (Å²) in [4.78, 5) is 24.4. The van der Waals surface area contributed by atoms with Crippen LogP contribution in [0, 0.1) is 34.5 Å². The second kappa shape index (κ2) is 7.76. The Hall–Kier alpha value is -0.860. The van der Waals surface area contributed by atoms with Crippen molar-refractivity contribution in [3.05, 3.63) is 0 Å². The van der Waals surface area contributed by atoms with Gasteiger partial charge >= 0.3 is 5.97 Å². The minimum Gasteiger partial charge on any atom is -0.462 e. The van der Waals surface area contributed by atoms with Crippen molar-refractivity contribution in [2.45, 2.75) is 110 Å². The lowest BCUT2D eigenvalue weighted by atomic mass is 9.45. The Labute approximate surface area is 171 Å². The molecule has 0 saturated heterocycles. The molecule has 3 heteroatoms. The monoisotopic (exact) mass is 388 g/mol. The van der Waals surface area contributed by atoms with Gasteiger partial charge in [0.15, 0.2) is 0 Å². The lowest BCUT2D eigenvalue weighted by molar-refractivity contribution is -0.164. The topological polar surface area (TPSA) is 43.4 Å². The number of ketones is 1. The van der Waals surface area contributed by atoms with Crippen molar-refractivity contribution in [1.82, 2.24) is 0 Å². The third kappa shape index (κ3) is 3.35. The van der Waals surface area contributed by atoms with E-state index in [2.05, 4.69) is 20.8 Å². The first-order valence-electron chi connectivity index (χ1n) is 12.1. The van der Waals surface area contributed by atoms with E-state index in [1.165, 1.54) is 32.1 Å². The fraction of sp³-hybridized carbons (Fsp3) is 0.920. The maximum absolute atomic E-state index is 12.4. The zero-order valence-electron chi connectivity index (χ0n) is 18.3. The number of Topliss-reactive ketones (excluding diaryl/α,β-unsaturated/α-hetero) is 1. The summed E-state index contributed by atoms with van der Waals surface area (Å²) in [6.07, 6.45) is 14.0. The van der Waals surface area contributed by atoms with E-state index in [0.717, 1.165) is 56.8 Å². The van der Waals surface area contributed by atoms with Gasteiger partial charge in [0.05, 0.1) is 0 Å². The highest BCUT2D eigenvalue weighted by Gasteiger charge is 2.61. The third-order valence-corrected chi connectivity index (χ3v) is 9.65. The molecule has 0 radical (unpaired) electrons. The van der Waals surface area contributed by atoms with Crippen molar-refractivity contribution in [2.24, 2.45) is 34.5 Å². The first-order valence-corrected chi connectivity index (χ1v) is 12.1. The van der Waals surface area contributed by atoms with Crippen LogP contribution in [-0.4, -0.2) is 17.9 Å². The predicted octanol–water partition coefficient (Wildman–Crippen LogP) is 6.09. The molecule has 4 rings (SSSR count). The van der Waals surface area contributed by atoms with Gasteiger partial charge < -0.3 is 4.74 Å². The standard InChI is InChI=1S/C25H40O3/c1-4-5-6-7-23(27)28-22-11-10-20-19-9-8-17-16-18(26)12-14-24(17,2)21(19)13-15-25(20,22)3/h17,19-22H,4-16H2,1-3H3/t17?,19-,20-,21-,22-,24-,25-/m0/s1. The summed E-state index contributed by atoms with van der Waals surface area (Å²) in [5, 5.41) is 0. The first kappa shape index (κ1) is 20.4. The number of carbonyl (C=O) groups is 2. The highest BCUT2D eigenvalue weighted by atomic mass is 16.5. The molecule has 7 atom stereocenters. The van der Waals surface area contributed by atoms with E-state index in [9.17, 15) is 9.59 Å². The average molecular weight is 389 g/mol. The molecular weight excluding hydrogens is 348 g/mol. The van der Waals surface area contributed by atoms with E-state index >= 15 is 0 Å². The zero-order valence-corrected chi connectivity index (χ0v) is 18.3. The molecule has 4 saturated carbocycles. The lowest BCUT2D eigenvalue weighted by Gasteiger charge is -2.60. The maximum atomic E-state index is 12.4. The van der Waals surface area contributed by atoms with E-state index < -0.39 is 0 Å². The second-order valence-electron chi connectivity index (χ2n) is 11.0. The van der Waals surface area contributed by atoms with Crippen molar-refractivity contribution in [1.29, 1.82) is 0 Å². The van der Waals surface area contributed by atoms with Gasteiger partial charge in [0, 0.05) is 24.7 Å². The zero-order chi connectivity index (χ0) is 19.9. The van der Waals surface area contributed by atoms with Crippen LogP contribution in [0.3, 0.4) is 0 Å². The molecule has 0 aromatic rings. The molecule has 0 heterocycles. The van der Waals surface area contributed by atoms with Crippen LogP contribution >= 0.6 is 0 Å². The minimum absolute atomic E-state index is 0.0314. The van der Waals surface area contributed by atoms with E-state index in [0.29, 0.717) is 29.5 Å². The summed E-state index contributed by atoms with van der Waals surface area (Å²) in [7, 11) is 0. The Morgan fingerprint density at radius 2 is 1.79 bits per heavy atom. The van der Waals surface area contributed by atoms with Crippen LogP contribution in [0.2, 0.25) is 0 Å².